The fourth-order valence-corrected chi connectivity index (χ4v) is 3.06. The molecule has 6 heteroatoms. The molecule has 0 saturated carbocycles. The number of fused-ring (bicyclic) bond motifs is 1. The summed E-state index contributed by atoms with van der Waals surface area (Å²) in [6.07, 6.45) is 2.44. The molecule has 1 atom stereocenters. The standard InChI is InChI=1S/C16H22N4O.ClH/c1-2-9-20(12-7-8-17-11-12)16(21)10-15-13-5-3-4-6-14(13)18-19-15;/h3-6,12,17H,2,7-11H2,1H3,(H,18,19);1H. The molecule has 1 unspecified atom stereocenters. The topological polar surface area (TPSA) is 61.0 Å². The summed E-state index contributed by atoms with van der Waals surface area (Å²) in [6.45, 7) is 4.87. The quantitative estimate of drug-likeness (QED) is 0.886. The first-order valence-corrected chi connectivity index (χ1v) is 7.71. The molecule has 5 nitrogen and oxygen atoms in total. The maximum atomic E-state index is 12.7. The molecular formula is C16H23ClN4O. The smallest absolute Gasteiger partial charge is 0.228 e. The number of hydrogen-bond acceptors (Lipinski definition) is 3. The van der Waals surface area contributed by atoms with Gasteiger partial charge in [-0.25, -0.2) is 0 Å². The number of rotatable bonds is 5. The number of nitrogens with one attached hydrogen (secondary N) is 2. The van der Waals surface area contributed by atoms with E-state index in [-0.39, 0.29) is 18.3 Å². The van der Waals surface area contributed by atoms with E-state index >= 15 is 0 Å². The minimum Gasteiger partial charge on any atom is -0.338 e. The Morgan fingerprint density at radius 3 is 2.95 bits per heavy atom. The molecule has 1 amide bonds. The summed E-state index contributed by atoms with van der Waals surface area (Å²) in [5, 5.41) is 11.7. The summed E-state index contributed by atoms with van der Waals surface area (Å²) in [7, 11) is 0. The molecule has 3 rings (SSSR count). The van der Waals surface area contributed by atoms with Crippen LogP contribution in [-0.2, 0) is 11.2 Å². The Labute approximate surface area is 136 Å². The van der Waals surface area contributed by atoms with Crippen molar-refractivity contribution >= 4 is 29.2 Å². The predicted octanol–water partition coefficient (Wildman–Crippen LogP) is 2.13. The number of aromatic nitrogens is 2. The molecule has 2 N–H and O–H groups in total. The summed E-state index contributed by atoms with van der Waals surface area (Å²) >= 11 is 0. The Hall–Kier alpha value is -1.59. The van der Waals surface area contributed by atoms with Crippen LogP contribution >= 0.6 is 12.4 Å². The summed E-state index contributed by atoms with van der Waals surface area (Å²) in [5.74, 6) is 0.194. The number of H-pyrrole nitrogens is 1. The van der Waals surface area contributed by atoms with Crippen molar-refractivity contribution in [3.8, 4) is 0 Å². The predicted molar refractivity (Wildman–Crippen MR) is 90.3 cm³/mol. The molecule has 2 heterocycles. The molecule has 0 radical (unpaired) electrons. The Morgan fingerprint density at radius 1 is 1.41 bits per heavy atom. The number of carbonyl (C=O) groups is 1. The van der Waals surface area contributed by atoms with Crippen molar-refractivity contribution in [2.45, 2.75) is 32.2 Å². The Morgan fingerprint density at radius 2 is 2.23 bits per heavy atom. The highest BCUT2D eigenvalue weighted by molar-refractivity contribution is 5.87. The van der Waals surface area contributed by atoms with Gasteiger partial charge in [0, 0.05) is 24.5 Å². The van der Waals surface area contributed by atoms with Crippen molar-refractivity contribution in [3.05, 3.63) is 30.0 Å². The number of nitrogens with zero attached hydrogens (tertiary/aromatic N) is 2. The molecule has 22 heavy (non-hydrogen) atoms. The molecule has 1 aromatic heterocycles. The number of amides is 1. The lowest BCUT2D eigenvalue weighted by molar-refractivity contribution is -0.132. The first-order valence-electron chi connectivity index (χ1n) is 7.71. The SMILES string of the molecule is CCCN(C(=O)Cc1[nH]nc2ccccc12)C1CCNC1.Cl. The van der Waals surface area contributed by atoms with E-state index in [1.54, 1.807) is 0 Å². The molecule has 0 aliphatic carbocycles. The summed E-state index contributed by atoms with van der Waals surface area (Å²) in [5.41, 5.74) is 1.84. The number of halogens is 1. The van der Waals surface area contributed by atoms with Gasteiger partial charge in [-0.15, -0.1) is 12.4 Å². The van der Waals surface area contributed by atoms with Gasteiger partial charge in [-0.1, -0.05) is 25.1 Å². The second kappa shape index (κ2) is 7.61. The van der Waals surface area contributed by atoms with E-state index in [0.29, 0.717) is 12.5 Å². The average molecular weight is 323 g/mol. The molecule has 1 aromatic carbocycles. The van der Waals surface area contributed by atoms with E-state index in [4.69, 9.17) is 0 Å². The maximum absolute atomic E-state index is 12.7. The van der Waals surface area contributed by atoms with Gasteiger partial charge >= 0.3 is 0 Å². The number of aromatic amines is 1. The van der Waals surface area contributed by atoms with Gasteiger partial charge in [-0.2, -0.15) is 5.10 Å². The van der Waals surface area contributed by atoms with Crippen molar-refractivity contribution in [3.63, 3.8) is 0 Å². The minimum absolute atomic E-state index is 0. The fourth-order valence-electron chi connectivity index (χ4n) is 3.06. The van der Waals surface area contributed by atoms with Crippen molar-refractivity contribution in [2.75, 3.05) is 19.6 Å². The van der Waals surface area contributed by atoms with Crippen LogP contribution in [0.2, 0.25) is 0 Å². The third-order valence-electron chi connectivity index (χ3n) is 4.13. The molecule has 120 valence electrons. The van der Waals surface area contributed by atoms with Gasteiger partial charge in [0.1, 0.15) is 0 Å². The van der Waals surface area contributed by atoms with E-state index in [0.717, 1.165) is 49.1 Å². The number of carbonyl (C=O) groups excluding carboxylic acids is 1. The second-order valence-corrected chi connectivity index (χ2v) is 5.63. The largest absolute Gasteiger partial charge is 0.338 e. The van der Waals surface area contributed by atoms with Gasteiger partial charge in [0.05, 0.1) is 17.6 Å². The van der Waals surface area contributed by atoms with Crippen LogP contribution in [0.3, 0.4) is 0 Å². The van der Waals surface area contributed by atoms with E-state index in [1.807, 2.05) is 29.2 Å². The number of benzene rings is 1. The van der Waals surface area contributed by atoms with Gasteiger partial charge < -0.3 is 10.2 Å². The van der Waals surface area contributed by atoms with Crippen LogP contribution in [0.4, 0.5) is 0 Å². The van der Waals surface area contributed by atoms with Crippen molar-refractivity contribution in [2.24, 2.45) is 0 Å². The Bertz CT molecular complexity index is 621. The lowest BCUT2D eigenvalue weighted by Gasteiger charge is -2.28. The van der Waals surface area contributed by atoms with Crippen LogP contribution in [-0.4, -0.2) is 46.7 Å². The average Bonchev–Trinajstić information content (AvgIpc) is 3.15. The van der Waals surface area contributed by atoms with Crippen LogP contribution in [0.25, 0.3) is 10.9 Å². The molecule has 0 spiro atoms. The van der Waals surface area contributed by atoms with E-state index in [1.165, 1.54) is 0 Å². The minimum atomic E-state index is 0. The molecule has 1 aliphatic rings. The number of para-hydroxylation sites is 1. The van der Waals surface area contributed by atoms with Crippen molar-refractivity contribution in [1.82, 2.24) is 20.4 Å². The van der Waals surface area contributed by atoms with E-state index < -0.39 is 0 Å². The molecule has 1 aliphatic heterocycles. The normalized spacial score (nSPS) is 17.4. The highest BCUT2D eigenvalue weighted by atomic mass is 35.5. The van der Waals surface area contributed by atoms with Crippen molar-refractivity contribution in [1.29, 1.82) is 0 Å². The first kappa shape index (κ1) is 16.8. The lowest BCUT2D eigenvalue weighted by Crippen LogP contribution is -2.42. The van der Waals surface area contributed by atoms with Gasteiger partial charge in [-0.3, -0.25) is 9.89 Å². The third-order valence-corrected chi connectivity index (χ3v) is 4.13. The van der Waals surface area contributed by atoms with Crippen LogP contribution in [0.5, 0.6) is 0 Å². The molecular weight excluding hydrogens is 300 g/mol. The zero-order valence-corrected chi connectivity index (χ0v) is 13.7. The van der Waals surface area contributed by atoms with Crippen molar-refractivity contribution < 1.29 is 4.79 Å². The zero-order valence-electron chi connectivity index (χ0n) is 12.8. The van der Waals surface area contributed by atoms with Crippen LogP contribution in [0.15, 0.2) is 24.3 Å². The van der Waals surface area contributed by atoms with Crippen LogP contribution in [0.1, 0.15) is 25.5 Å². The zero-order chi connectivity index (χ0) is 14.7. The molecule has 1 saturated heterocycles. The summed E-state index contributed by atoms with van der Waals surface area (Å²) in [6, 6.07) is 8.26. The lowest BCUT2D eigenvalue weighted by atomic mass is 10.1. The highest BCUT2D eigenvalue weighted by Crippen LogP contribution is 2.18. The molecule has 0 bridgehead atoms. The van der Waals surface area contributed by atoms with Gasteiger partial charge in [0.2, 0.25) is 5.91 Å². The number of hydrogen-bond donors (Lipinski definition) is 2. The summed E-state index contributed by atoms with van der Waals surface area (Å²) < 4.78 is 0. The van der Waals surface area contributed by atoms with Gasteiger partial charge in [-0.05, 0) is 25.5 Å². The van der Waals surface area contributed by atoms with Crippen LogP contribution < -0.4 is 5.32 Å². The Balaban J connectivity index is 0.00000176. The van der Waals surface area contributed by atoms with E-state index in [9.17, 15) is 4.79 Å². The second-order valence-electron chi connectivity index (χ2n) is 5.63. The molecule has 2 aromatic rings. The first-order chi connectivity index (χ1) is 10.3. The van der Waals surface area contributed by atoms with Crippen LogP contribution in [0, 0.1) is 0 Å². The highest BCUT2D eigenvalue weighted by Gasteiger charge is 2.26. The summed E-state index contributed by atoms with van der Waals surface area (Å²) in [4.78, 5) is 14.7. The third kappa shape index (κ3) is 3.42. The fraction of sp³-hybridized carbons (Fsp3) is 0.500. The monoisotopic (exact) mass is 322 g/mol. The molecule has 1 fully saturated rings. The Kier molecular flexibility index (Phi) is 5.80. The maximum Gasteiger partial charge on any atom is 0.228 e. The van der Waals surface area contributed by atoms with Gasteiger partial charge in [0.25, 0.3) is 0 Å². The van der Waals surface area contributed by atoms with Gasteiger partial charge in [0.15, 0.2) is 0 Å². The van der Waals surface area contributed by atoms with E-state index in [2.05, 4.69) is 22.4 Å².